The molecule has 0 spiro atoms. The summed E-state index contributed by atoms with van der Waals surface area (Å²) < 4.78 is 0. The van der Waals surface area contributed by atoms with Gasteiger partial charge in [0.25, 0.3) is 0 Å². The average molecular weight is 266 g/mol. The molecule has 2 nitrogen and oxygen atoms in total. The maximum atomic E-state index is 3.69. The van der Waals surface area contributed by atoms with E-state index in [9.17, 15) is 0 Å². The SMILES string of the molecule is CCc1ccsc1CN1CC(C)(CC)NCC1C. The van der Waals surface area contributed by atoms with Crippen molar-refractivity contribution in [2.24, 2.45) is 0 Å². The monoisotopic (exact) mass is 266 g/mol. The molecule has 2 rings (SSSR count). The summed E-state index contributed by atoms with van der Waals surface area (Å²) in [5.74, 6) is 0. The van der Waals surface area contributed by atoms with Crippen molar-refractivity contribution >= 4 is 11.3 Å². The number of hydrogen-bond donors (Lipinski definition) is 1. The van der Waals surface area contributed by atoms with Gasteiger partial charge in [0.15, 0.2) is 0 Å². The molecule has 18 heavy (non-hydrogen) atoms. The van der Waals surface area contributed by atoms with Crippen LogP contribution in [0, 0.1) is 0 Å². The summed E-state index contributed by atoms with van der Waals surface area (Å²) in [7, 11) is 0. The van der Waals surface area contributed by atoms with Crippen molar-refractivity contribution in [3.05, 3.63) is 21.9 Å². The van der Waals surface area contributed by atoms with Gasteiger partial charge >= 0.3 is 0 Å². The van der Waals surface area contributed by atoms with Crippen molar-refractivity contribution in [2.75, 3.05) is 13.1 Å². The molecule has 0 bridgehead atoms. The molecule has 0 radical (unpaired) electrons. The summed E-state index contributed by atoms with van der Waals surface area (Å²) in [4.78, 5) is 4.20. The Morgan fingerprint density at radius 1 is 1.50 bits per heavy atom. The molecule has 2 heterocycles. The lowest BCUT2D eigenvalue weighted by Gasteiger charge is -2.45. The number of thiophene rings is 1. The van der Waals surface area contributed by atoms with E-state index in [1.54, 1.807) is 4.88 Å². The van der Waals surface area contributed by atoms with Gasteiger partial charge in [-0.15, -0.1) is 11.3 Å². The summed E-state index contributed by atoms with van der Waals surface area (Å²) in [5.41, 5.74) is 1.82. The fourth-order valence-corrected chi connectivity index (χ4v) is 3.64. The predicted molar refractivity (Wildman–Crippen MR) is 80.3 cm³/mol. The first-order valence-corrected chi connectivity index (χ1v) is 8.00. The predicted octanol–water partition coefficient (Wildman–Crippen LogP) is 3.27. The third kappa shape index (κ3) is 2.95. The normalized spacial score (nSPS) is 29.7. The summed E-state index contributed by atoms with van der Waals surface area (Å²) >= 11 is 1.92. The van der Waals surface area contributed by atoms with Crippen LogP contribution in [0.15, 0.2) is 11.4 Å². The topological polar surface area (TPSA) is 15.3 Å². The van der Waals surface area contributed by atoms with Gasteiger partial charge in [0, 0.05) is 36.1 Å². The molecule has 1 aromatic rings. The standard InChI is InChI=1S/C15H26N2S/c1-5-13-7-8-18-14(13)10-17-11-15(4,6-2)16-9-12(17)3/h7-8,12,16H,5-6,9-11H2,1-4H3. The van der Waals surface area contributed by atoms with Crippen molar-refractivity contribution < 1.29 is 0 Å². The minimum atomic E-state index is 0.288. The molecule has 1 aromatic heterocycles. The molecular weight excluding hydrogens is 240 g/mol. The Bertz CT molecular complexity index is 388. The highest BCUT2D eigenvalue weighted by Gasteiger charge is 2.32. The number of aryl methyl sites for hydroxylation is 1. The van der Waals surface area contributed by atoms with Gasteiger partial charge in [-0.3, -0.25) is 4.90 Å². The second-order valence-corrected chi connectivity index (χ2v) is 6.77. The Labute approximate surface area is 115 Å². The van der Waals surface area contributed by atoms with Crippen LogP contribution in [0.4, 0.5) is 0 Å². The number of hydrogen-bond acceptors (Lipinski definition) is 3. The van der Waals surface area contributed by atoms with Gasteiger partial charge < -0.3 is 5.32 Å². The molecule has 0 aliphatic carbocycles. The van der Waals surface area contributed by atoms with E-state index in [1.165, 1.54) is 12.0 Å². The Hall–Kier alpha value is -0.380. The van der Waals surface area contributed by atoms with Crippen LogP contribution in [-0.2, 0) is 13.0 Å². The molecule has 1 aliphatic rings. The molecule has 1 saturated heterocycles. The molecule has 102 valence electrons. The molecule has 0 saturated carbocycles. The van der Waals surface area contributed by atoms with Gasteiger partial charge in [0.1, 0.15) is 0 Å². The summed E-state index contributed by atoms with van der Waals surface area (Å²) in [6, 6.07) is 2.92. The number of piperazine rings is 1. The van der Waals surface area contributed by atoms with Crippen molar-refractivity contribution in [1.82, 2.24) is 10.2 Å². The lowest BCUT2D eigenvalue weighted by atomic mass is 9.93. The zero-order valence-electron chi connectivity index (χ0n) is 12.1. The molecule has 1 fully saturated rings. The summed E-state index contributed by atoms with van der Waals surface area (Å²) in [5, 5.41) is 5.93. The highest BCUT2D eigenvalue weighted by Crippen LogP contribution is 2.24. The molecule has 2 atom stereocenters. The van der Waals surface area contributed by atoms with Gasteiger partial charge in [-0.2, -0.15) is 0 Å². The van der Waals surface area contributed by atoms with Crippen LogP contribution in [0.2, 0.25) is 0 Å². The minimum Gasteiger partial charge on any atom is -0.309 e. The van der Waals surface area contributed by atoms with E-state index in [0.717, 1.165) is 26.1 Å². The number of nitrogens with zero attached hydrogens (tertiary/aromatic N) is 1. The lowest BCUT2D eigenvalue weighted by molar-refractivity contribution is 0.0873. The Balaban J connectivity index is 2.07. The van der Waals surface area contributed by atoms with E-state index in [2.05, 4.69) is 49.4 Å². The molecule has 1 N–H and O–H groups in total. The second kappa shape index (κ2) is 5.72. The third-order valence-corrected chi connectivity index (χ3v) is 5.29. The average Bonchev–Trinajstić information content (AvgIpc) is 2.81. The van der Waals surface area contributed by atoms with Gasteiger partial charge in [0.05, 0.1) is 0 Å². The highest BCUT2D eigenvalue weighted by molar-refractivity contribution is 7.10. The first-order chi connectivity index (χ1) is 8.58. The van der Waals surface area contributed by atoms with Crippen LogP contribution in [0.1, 0.15) is 44.6 Å². The zero-order valence-corrected chi connectivity index (χ0v) is 12.9. The smallest absolute Gasteiger partial charge is 0.0334 e. The Kier molecular flexibility index (Phi) is 4.46. The second-order valence-electron chi connectivity index (χ2n) is 5.77. The number of nitrogens with one attached hydrogen (secondary N) is 1. The Morgan fingerprint density at radius 3 is 2.94 bits per heavy atom. The lowest BCUT2D eigenvalue weighted by Crippen LogP contribution is -2.61. The molecule has 1 aliphatic heterocycles. The van der Waals surface area contributed by atoms with Crippen LogP contribution in [0.3, 0.4) is 0 Å². The van der Waals surface area contributed by atoms with E-state index in [1.807, 2.05) is 11.3 Å². The van der Waals surface area contributed by atoms with Crippen LogP contribution in [0.5, 0.6) is 0 Å². The number of rotatable bonds is 4. The van der Waals surface area contributed by atoms with Gasteiger partial charge in [-0.1, -0.05) is 13.8 Å². The van der Waals surface area contributed by atoms with Crippen molar-refractivity contribution in [2.45, 2.75) is 58.7 Å². The molecule has 0 aromatic carbocycles. The zero-order chi connectivity index (χ0) is 13.2. The minimum absolute atomic E-state index is 0.288. The fraction of sp³-hybridized carbons (Fsp3) is 0.733. The van der Waals surface area contributed by atoms with Crippen molar-refractivity contribution in [3.8, 4) is 0 Å². The van der Waals surface area contributed by atoms with Crippen LogP contribution < -0.4 is 5.32 Å². The summed E-state index contributed by atoms with van der Waals surface area (Å²) in [6.07, 6.45) is 2.35. The maximum Gasteiger partial charge on any atom is 0.0334 e. The summed E-state index contributed by atoms with van der Waals surface area (Å²) in [6.45, 7) is 12.6. The van der Waals surface area contributed by atoms with Crippen LogP contribution in [0.25, 0.3) is 0 Å². The molecule has 0 amide bonds. The van der Waals surface area contributed by atoms with Crippen molar-refractivity contribution in [3.63, 3.8) is 0 Å². The van der Waals surface area contributed by atoms with Gasteiger partial charge in [0.2, 0.25) is 0 Å². The third-order valence-electron chi connectivity index (χ3n) is 4.35. The van der Waals surface area contributed by atoms with E-state index in [-0.39, 0.29) is 5.54 Å². The van der Waals surface area contributed by atoms with E-state index in [4.69, 9.17) is 0 Å². The van der Waals surface area contributed by atoms with E-state index >= 15 is 0 Å². The maximum absolute atomic E-state index is 3.69. The first kappa shape index (κ1) is 14.0. The van der Waals surface area contributed by atoms with Crippen LogP contribution in [-0.4, -0.2) is 29.6 Å². The van der Waals surface area contributed by atoms with E-state index in [0.29, 0.717) is 6.04 Å². The molecule has 2 unspecified atom stereocenters. The largest absolute Gasteiger partial charge is 0.309 e. The first-order valence-electron chi connectivity index (χ1n) is 7.12. The van der Waals surface area contributed by atoms with Crippen LogP contribution >= 0.6 is 11.3 Å². The van der Waals surface area contributed by atoms with Gasteiger partial charge in [-0.25, -0.2) is 0 Å². The molecular formula is C15H26N2S. The highest BCUT2D eigenvalue weighted by atomic mass is 32.1. The van der Waals surface area contributed by atoms with Gasteiger partial charge in [-0.05, 0) is 43.7 Å². The van der Waals surface area contributed by atoms with Crippen molar-refractivity contribution in [1.29, 1.82) is 0 Å². The quantitative estimate of drug-likeness (QED) is 0.900. The van der Waals surface area contributed by atoms with E-state index < -0.39 is 0 Å². The fourth-order valence-electron chi connectivity index (χ4n) is 2.64. The molecule has 3 heteroatoms. The Morgan fingerprint density at radius 2 is 2.28 bits per heavy atom.